The lowest BCUT2D eigenvalue weighted by Crippen LogP contribution is -2.59. The number of hydrogen-bond acceptors (Lipinski definition) is 3. The van der Waals surface area contributed by atoms with E-state index >= 15 is 0 Å². The zero-order valence-electron chi connectivity index (χ0n) is 11.9. The Hall–Kier alpha value is -1.39. The van der Waals surface area contributed by atoms with E-state index in [4.69, 9.17) is 4.74 Å². The molecule has 1 amide bonds. The molecule has 4 nitrogen and oxygen atoms in total. The fraction of sp³-hybridized carbons (Fsp3) is 0.562. The van der Waals surface area contributed by atoms with Crippen molar-refractivity contribution in [2.75, 3.05) is 13.7 Å². The minimum atomic E-state index is -0.0151. The summed E-state index contributed by atoms with van der Waals surface area (Å²) in [7, 11) is 1.55. The molecule has 3 rings (SSSR count). The number of fused-ring (bicyclic) bond motifs is 1. The Morgan fingerprint density at radius 3 is 2.40 bits per heavy atom. The molecule has 0 bridgehead atoms. The van der Waals surface area contributed by atoms with Crippen LogP contribution in [0.3, 0.4) is 0 Å². The van der Waals surface area contributed by atoms with Gasteiger partial charge in [-0.2, -0.15) is 0 Å². The van der Waals surface area contributed by atoms with Crippen LogP contribution in [0.4, 0.5) is 0 Å². The molecule has 1 fully saturated rings. The second-order valence-electron chi connectivity index (χ2n) is 5.83. The highest BCUT2D eigenvalue weighted by Crippen LogP contribution is 2.26. The second-order valence-corrected chi connectivity index (χ2v) is 5.83. The smallest absolute Gasteiger partial charge is 0.246 e. The third-order valence-corrected chi connectivity index (χ3v) is 4.40. The normalized spacial score (nSPS) is 25.1. The van der Waals surface area contributed by atoms with Crippen LogP contribution in [0.2, 0.25) is 0 Å². The molecular weight excluding hydrogens is 252 g/mol. The van der Waals surface area contributed by atoms with Crippen LogP contribution in [0.25, 0.3) is 0 Å². The SMILES string of the molecule is COCC(=O)N[C@H]1CC[C@H]1NC1Cc2ccccc2C1. The van der Waals surface area contributed by atoms with Crippen LogP contribution in [0.1, 0.15) is 24.0 Å². The van der Waals surface area contributed by atoms with Gasteiger partial charge in [0.05, 0.1) is 0 Å². The average molecular weight is 274 g/mol. The maximum atomic E-state index is 11.5. The van der Waals surface area contributed by atoms with Gasteiger partial charge in [0.2, 0.25) is 5.91 Å². The van der Waals surface area contributed by atoms with Crippen LogP contribution in [0, 0.1) is 0 Å². The molecule has 20 heavy (non-hydrogen) atoms. The van der Waals surface area contributed by atoms with Gasteiger partial charge in [0.15, 0.2) is 0 Å². The Morgan fingerprint density at radius 2 is 1.85 bits per heavy atom. The topological polar surface area (TPSA) is 50.4 Å². The first-order valence-corrected chi connectivity index (χ1v) is 7.37. The molecular formula is C16H22N2O2. The van der Waals surface area contributed by atoms with Crippen molar-refractivity contribution in [3.05, 3.63) is 35.4 Å². The molecule has 0 spiro atoms. The van der Waals surface area contributed by atoms with Gasteiger partial charge in [-0.05, 0) is 36.8 Å². The molecule has 0 unspecified atom stereocenters. The molecule has 0 saturated heterocycles. The van der Waals surface area contributed by atoms with Gasteiger partial charge in [-0.15, -0.1) is 0 Å². The first kappa shape index (κ1) is 13.6. The summed E-state index contributed by atoms with van der Waals surface area (Å²) in [6.45, 7) is 0.151. The predicted molar refractivity (Wildman–Crippen MR) is 77.6 cm³/mol. The van der Waals surface area contributed by atoms with E-state index in [2.05, 4.69) is 34.9 Å². The molecule has 2 aliphatic carbocycles. The van der Waals surface area contributed by atoms with Crippen molar-refractivity contribution in [3.63, 3.8) is 0 Å². The summed E-state index contributed by atoms with van der Waals surface area (Å²) < 4.78 is 4.85. The zero-order valence-corrected chi connectivity index (χ0v) is 11.9. The van der Waals surface area contributed by atoms with Crippen LogP contribution in [-0.2, 0) is 22.4 Å². The summed E-state index contributed by atoms with van der Waals surface area (Å²) in [5.74, 6) is -0.0151. The van der Waals surface area contributed by atoms with Gasteiger partial charge >= 0.3 is 0 Å². The molecule has 2 aliphatic rings. The number of hydrogen-bond donors (Lipinski definition) is 2. The predicted octanol–water partition coefficient (Wildman–Crippen LogP) is 1.04. The van der Waals surface area contributed by atoms with Crippen LogP contribution in [0.15, 0.2) is 24.3 Å². The van der Waals surface area contributed by atoms with Crippen molar-refractivity contribution >= 4 is 5.91 Å². The molecule has 2 N–H and O–H groups in total. The number of rotatable bonds is 5. The molecule has 2 atom stereocenters. The van der Waals surface area contributed by atoms with Crippen LogP contribution in [0.5, 0.6) is 0 Å². The van der Waals surface area contributed by atoms with E-state index in [1.165, 1.54) is 11.1 Å². The summed E-state index contributed by atoms with van der Waals surface area (Å²) in [6, 6.07) is 9.85. The highest BCUT2D eigenvalue weighted by atomic mass is 16.5. The second kappa shape index (κ2) is 5.94. The fourth-order valence-electron chi connectivity index (χ4n) is 3.23. The highest BCUT2D eigenvalue weighted by molar-refractivity contribution is 5.77. The number of amides is 1. The van der Waals surface area contributed by atoms with Crippen LogP contribution < -0.4 is 10.6 Å². The monoisotopic (exact) mass is 274 g/mol. The van der Waals surface area contributed by atoms with Crippen molar-refractivity contribution in [1.82, 2.24) is 10.6 Å². The van der Waals surface area contributed by atoms with E-state index in [0.717, 1.165) is 25.7 Å². The molecule has 1 aromatic carbocycles. The summed E-state index contributed by atoms with van der Waals surface area (Å²) >= 11 is 0. The number of carbonyl (C=O) groups is 1. The van der Waals surface area contributed by atoms with Crippen molar-refractivity contribution in [3.8, 4) is 0 Å². The fourth-order valence-corrected chi connectivity index (χ4v) is 3.23. The van der Waals surface area contributed by atoms with Gasteiger partial charge in [0.1, 0.15) is 6.61 Å². The molecule has 0 radical (unpaired) electrons. The standard InChI is InChI=1S/C16H22N2O2/c1-20-10-16(19)18-15-7-6-14(15)17-13-8-11-4-2-3-5-12(11)9-13/h2-5,13-15,17H,6-10H2,1H3,(H,18,19)/t14-,15+/m1/s1. The zero-order chi connectivity index (χ0) is 13.9. The van der Waals surface area contributed by atoms with E-state index in [1.807, 2.05) is 0 Å². The lowest BCUT2D eigenvalue weighted by atomic mass is 9.85. The highest BCUT2D eigenvalue weighted by Gasteiger charge is 2.34. The van der Waals surface area contributed by atoms with Gasteiger partial charge in [0.25, 0.3) is 0 Å². The molecule has 1 saturated carbocycles. The molecule has 108 valence electrons. The summed E-state index contributed by atoms with van der Waals surface area (Å²) in [4.78, 5) is 11.5. The Bertz CT molecular complexity index is 464. The van der Waals surface area contributed by atoms with Gasteiger partial charge in [-0.3, -0.25) is 4.79 Å². The van der Waals surface area contributed by atoms with Gasteiger partial charge in [-0.1, -0.05) is 24.3 Å². The number of carbonyl (C=O) groups excluding carboxylic acids is 1. The number of ether oxygens (including phenoxy) is 1. The van der Waals surface area contributed by atoms with Gasteiger partial charge < -0.3 is 15.4 Å². The van der Waals surface area contributed by atoms with E-state index in [9.17, 15) is 4.79 Å². The first-order chi connectivity index (χ1) is 9.76. The lowest BCUT2D eigenvalue weighted by Gasteiger charge is -2.39. The maximum absolute atomic E-state index is 11.5. The summed E-state index contributed by atoms with van der Waals surface area (Å²) in [5.41, 5.74) is 2.92. The van der Waals surface area contributed by atoms with E-state index in [-0.39, 0.29) is 18.6 Å². The Kier molecular flexibility index (Phi) is 4.03. The largest absolute Gasteiger partial charge is 0.375 e. The van der Waals surface area contributed by atoms with E-state index < -0.39 is 0 Å². The molecule has 0 aliphatic heterocycles. The molecule has 1 aromatic rings. The van der Waals surface area contributed by atoms with Crippen molar-refractivity contribution in [2.45, 2.75) is 43.8 Å². The Balaban J connectivity index is 1.49. The third kappa shape index (κ3) is 2.86. The van der Waals surface area contributed by atoms with Crippen LogP contribution in [-0.4, -0.2) is 37.7 Å². The minimum absolute atomic E-state index is 0.0151. The molecule has 0 aromatic heterocycles. The lowest BCUT2D eigenvalue weighted by molar-refractivity contribution is -0.126. The van der Waals surface area contributed by atoms with Crippen molar-refractivity contribution in [2.24, 2.45) is 0 Å². The van der Waals surface area contributed by atoms with Gasteiger partial charge in [-0.25, -0.2) is 0 Å². The third-order valence-electron chi connectivity index (χ3n) is 4.40. The van der Waals surface area contributed by atoms with Crippen molar-refractivity contribution < 1.29 is 9.53 Å². The average Bonchev–Trinajstić information content (AvgIpc) is 2.84. The number of nitrogens with one attached hydrogen (secondary N) is 2. The van der Waals surface area contributed by atoms with Crippen LogP contribution >= 0.6 is 0 Å². The van der Waals surface area contributed by atoms with E-state index in [0.29, 0.717) is 12.1 Å². The molecule has 0 heterocycles. The maximum Gasteiger partial charge on any atom is 0.246 e. The van der Waals surface area contributed by atoms with Gasteiger partial charge in [0, 0.05) is 25.2 Å². The minimum Gasteiger partial charge on any atom is -0.375 e. The van der Waals surface area contributed by atoms with E-state index in [1.54, 1.807) is 7.11 Å². The van der Waals surface area contributed by atoms with Crippen molar-refractivity contribution in [1.29, 1.82) is 0 Å². The Morgan fingerprint density at radius 1 is 1.20 bits per heavy atom. The number of benzene rings is 1. The quantitative estimate of drug-likeness (QED) is 0.843. The summed E-state index contributed by atoms with van der Waals surface area (Å²) in [6.07, 6.45) is 4.41. The number of methoxy groups -OCH3 is 1. The molecule has 4 heteroatoms. The first-order valence-electron chi connectivity index (χ1n) is 7.37. The summed E-state index contributed by atoms with van der Waals surface area (Å²) in [5, 5.41) is 6.74. The Labute approximate surface area is 119 Å².